The van der Waals surface area contributed by atoms with E-state index in [4.69, 9.17) is 9.41 Å². The van der Waals surface area contributed by atoms with Crippen molar-refractivity contribution in [1.82, 2.24) is 14.9 Å². The first-order valence-corrected chi connectivity index (χ1v) is 10.4. The number of aryl methyl sites for hydroxylation is 1. The molecular weight excluding hydrogens is 379 g/mol. The molecule has 1 fully saturated rings. The molecule has 2 aromatic heterocycles. The van der Waals surface area contributed by atoms with Crippen molar-refractivity contribution < 1.29 is 8.81 Å². The van der Waals surface area contributed by atoms with Crippen LogP contribution in [0.4, 0.5) is 10.1 Å². The van der Waals surface area contributed by atoms with E-state index < -0.39 is 0 Å². The molecule has 5 nitrogen and oxygen atoms in total. The molecule has 0 saturated carbocycles. The molecule has 1 unspecified atom stereocenters. The summed E-state index contributed by atoms with van der Waals surface area (Å²) in [6, 6.07) is 5.46. The van der Waals surface area contributed by atoms with Crippen LogP contribution in [0.1, 0.15) is 42.5 Å². The predicted molar refractivity (Wildman–Crippen MR) is 114 cm³/mol. The van der Waals surface area contributed by atoms with E-state index in [1.807, 2.05) is 24.4 Å². The molecule has 0 radical (unpaired) electrons. The van der Waals surface area contributed by atoms with Crippen molar-refractivity contribution in [2.24, 2.45) is 4.99 Å². The number of halogens is 1. The summed E-state index contributed by atoms with van der Waals surface area (Å²) in [4.78, 5) is 15.7. The second-order valence-corrected chi connectivity index (χ2v) is 7.70. The number of hydrogen-bond donors (Lipinski definition) is 0. The van der Waals surface area contributed by atoms with Crippen LogP contribution in [0.15, 0.2) is 64.7 Å². The van der Waals surface area contributed by atoms with Crippen molar-refractivity contribution in [1.29, 1.82) is 0 Å². The number of oxazole rings is 1. The van der Waals surface area contributed by atoms with Crippen LogP contribution in [-0.4, -0.2) is 27.2 Å². The monoisotopic (exact) mass is 402 g/mol. The summed E-state index contributed by atoms with van der Waals surface area (Å²) >= 11 is 0. The third-order valence-electron chi connectivity index (χ3n) is 5.90. The van der Waals surface area contributed by atoms with Gasteiger partial charge in [-0.15, -0.1) is 0 Å². The molecule has 2 aliphatic heterocycles. The number of benzene rings is 1. The van der Waals surface area contributed by atoms with E-state index in [0.717, 1.165) is 66.0 Å². The first-order chi connectivity index (χ1) is 14.7. The molecule has 1 aromatic carbocycles. The zero-order valence-electron chi connectivity index (χ0n) is 16.9. The molecule has 0 amide bonds. The number of fused-ring (bicyclic) bond motifs is 1. The summed E-state index contributed by atoms with van der Waals surface area (Å²) in [5.41, 5.74) is 4.61. The number of amidine groups is 1. The molecule has 30 heavy (non-hydrogen) atoms. The third-order valence-corrected chi connectivity index (χ3v) is 5.90. The minimum Gasteiger partial charge on any atom is -0.443 e. The number of pyridine rings is 1. The Morgan fingerprint density at radius 2 is 2.13 bits per heavy atom. The van der Waals surface area contributed by atoms with E-state index in [9.17, 15) is 4.39 Å². The quantitative estimate of drug-likeness (QED) is 0.587. The summed E-state index contributed by atoms with van der Waals surface area (Å²) in [5.74, 6) is 1.35. The van der Waals surface area contributed by atoms with Crippen LogP contribution in [0.25, 0.3) is 11.3 Å². The van der Waals surface area contributed by atoms with Gasteiger partial charge in [-0.3, -0.25) is 4.98 Å². The molecule has 4 heterocycles. The second kappa shape index (κ2) is 7.86. The Morgan fingerprint density at radius 3 is 2.97 bits per heavy atom. The van der Waals surface area contributed by atoms with Crippen LogP contribution >= 0.6 is 0 Å². The van der Waals surface area contributed by atoms with Gasteiger partial charge in [0.25, 0.3) is 0 Å². The fraction of sp³-hybridized carbons (Fsp3) is 0.292. The van der Waals surface area contributed by atoms with Gasteiger partial charge in [0.2, 0.25) is 0 Å². The van der Waals surface area contributed by atoms with Crippen LogP contribution in [0, 0.1) is 5.82 Å². The van der Waals surface area contributed by atoms with Gasteiger partial charge >= 0.3 is 0 Å². The molecule has 6 heteroatoms. The fourth-order valence-electron chi connectivity index (χ4n) is 4.34. The fourth-order valence-corrected chi connectivity index (χ4v) is 4.34. The number of allylic oxidation sites excluding steroid dienone is 1. The van der Waals surface area contributed by atoms with Crippen molar-refractivity contribution in [2.45, 2.75) is 38.6 Å². The van der Waals surface area contributed by atoms with E-state index in [2.05, 4.69) is 27.9 Å². The van der Waals surface area contributed by atoms with Crippen LogP contribution in [0.2, 0.25) is 0 Å². The van der Waals surface area contributed by atoms with Gasteiger partial charge in [-0.2, -0.15) is 0 Å². The van der Waals surface area contributed by atoms with Crippen LogP contribution < -0.4 is 0 Å². The Kier molecular flexibility index (Phi) is 4.91. The van der Waals surface area contributed by atoms with Gasteiger partial charge in [0.05, 0.1) is 23.5 Å². The number of likely N-dealkylation sites (tertiary alicyclic amines) is 1. The van der Waals surface area contributed by atoms with E-state index in [-0.39, 0.29) is 11.9 Å². The predicted octanol–water partition coefficient (Wildman–Crippen LogP) is 5.42. The van der Waals surface area contributed by atoms with Gasteiger partial charge in [0.1, 0.15) is 11.7 Å². The van der Waals surface area contributed by atoms with Crippen LogP contribution in [0.5, 0.6) is 0 Å². The molecule has 0 N–H and O–H groups in total. The summed E-state index contributed by atoms with van der Waals surface area (Å²) in [5, 5.41) is 0. The van der Waals surface area contributed by atoms with Crippen molar-refractivity contribution in [2.75, 3.05) is 6.54 Å². The lowest BCUT2D eigenvalue weighted by molar-refractivity contribution is 0.389. The Bertz CT molecular complexity index is 1120. The zero-order valence-corrected chi connectivity index (χ0v) is 16.9. The van der Waals surface area contributed by atoms with Gasteiger partial charge in [0.15, 0.2) is 12.2 Å². The lowest BCUT2D eigenvalue weighted by Crippen LogP contribution is -2.29. The van der Waals surface area contributed by atoms with Crippen LogP contribution in [0.3, 0.4) is 0 Å². The standard InChI is InChI=1S/C24H23FN4O/c1-2-16-8-9-20(25)18(11-16)21-6-4-10-29(21)23-7-3-5-17-12-26-13-19(24(17)28-23)22-14-27-15-30-22/h3,7-9,11-15,21H,2,4-6,10H2,1H3. The average molecular weight is 402 g/mol. The number of rotatable bonds is 3. The van der Waals surface area contributed by atoms with E-state index >= 15 is 0 Å². The van der Waals surface area contributed by atoms with E-state index in [1.165, 1.54) is 6.39 Å². The first-order valence-electron chi connectivity index (χ1n) is 10.4. The smallest absolute Gasteiger partial charge is 0.181 e. The van der Waals surface area contributed by atoms with Gasteiger partial charge in [-0.25, -0.2) is 14.4 Å². The molecule has 0 bridgehead atoms. The molecule has 5 rings (SSSR count). The molecule has 2 aliphatic rings. The highest BCUT2D eigenvalue weighted by Gasteiger charge is 2.30. The third kappa shape index (κ3) is 3.32. The first kappa shape index (κ1) is 18.7. The molecule has 152 valence electrons. The highest BCUT2D eigenvalue weighted by atomic mass is 19.1. The Hall–Kier alpha value is -3.28. The molecule has 3 aromatic rings. The largest absolute Gasteiger partial charge is 0.443 e. The SMILES string of the molecule is CCc1ccc(F)c(C2CCCN2C2=Nc3c(cncc3-c3cnco3)CC=C2)c1. The molecule has 0 aliphatic carbocycles. The highest BCUT2D eigenvalue weighted by Crippen LogP contribution is 2.38. The van der Waals surface area contributed by atoms with Gasteiger partial charge < -0.3 is 9.32 Å². The maximum atomic E-state index is 14.8. The Labute approximate surface area is 175 Å². The Balaban J connectivity index is 1.58. The summed E-state index contributed by atoms with van der Waals surface area (Å²) < 4.78 is 20.3. The minimum atomic E-state index is -0.144. The molecule has 1 atom stereocenters. The van der Waals surface area contributed by atoms with E-state index in [0.29, 0.717) is 5.76 Å². The normalized spacial score (nSPS) is 18.3. The van der Waals surface area contributed by atoms with E-state index in [1.54, 1.807) is 18.5 Å². The minimum absolute atomic E-state index is 0.0167. The maximum Gasteiger partial charge on any atom is 0.181 e. The summed E-state index contributed by atoms with van der Waals surface area (Å²) in [6.07, 6.45) is 14.4. The highest BCUT2D eigenvalue weighted by molar-refractivity contribution is 5.97. The number of aliphatic imine (C=N–C) groups is 1. The Morgan fingerprint density at radius 1 is 1.20 bits per heavy atom. The molecule has 1 saturated heterocycles. The van der Waals surface area contributed by atoms with Crippen molar-refractivity contribution in [3.63, 3.8) is 0 Å². The second-order valence-electron chi connectivity index (χ2n) is 7.70. The number of aromatic nitrogens is 2. The topological polar surface area (TPSA) is 54.5 Å². The zero-order chi connectivity index (χ0) is 20.5. The van der Waals surface area contributed by atoms with Crippen molar-refractivity contribution >= 4 is 11.5 Å². The van der Waals surface area contributed by atoms with Gasteiger partial charge in [-0.05, 0) is 43.4 Å². The summed E-state index contributed by atoms with van der Waals surface area (Å²) in [6.45, 7) is 2.94. The van der Waals surface area contributed by atoms with Crippen molar-refractivity contribution in [3.05, 3.63) is 77.8 Å². The van der Waals surface area contributed by atoms with Gasteiger partial charge in [0, 0.05) is 30.1 Å². The maximum absolute atomic E-state index is 14.8. The van der Waals surface area contributed by atoms with Gasteiger partial charge in [-0.1, -0.05) is 25.1 Å². The average Bonchev–Trinajstić information content (AvgIpc) is 3.42. The summed E-state index contributed by atoms with van der Waals surface area (Å²) in [7, 11) is 0. The molecule has 0 spiro atoms. The number of hydrogen-bond acceptors (Lipinski definition) is 5. The van der Waals surface area contributed by atoms with Crippen LogP contribution in [-0.2, 0) is 12.8 Å². The lowest BCUT2D eigenvalue weighted by Gasteiger charge is -2.27. The lowest BCUT2D eigenvalue weighted by atomic mass is 10.00. The van der Waals surface area contributed by atoms with Crippen molar-refractivity contribution in [3.8, 4) is 11.3 Å². The number of nitrogens with zero attached hydrogens (tertiary/aromatic N) is 4. The molecular formula is C24H23FN4O.